The van der Waals surface area contributed by atoms with Crippen LogP contribution in [0.2, 0.25) is 0 Å². The Labute approximate surface area is 217 Å². The smallest absolute Gasteiger partial charge is 0.255 e. The van der Waals surface area contributed by atoms with Crippen LogP contribution >= 0.6 is 0 Å². The topological polar surface area (TPSA) is 76.3 Å². The summed E-state index contributed by atoms with van der Waals surface area (Å²) in [6, 6.07) is 3.57. The number of primary amides is 1. The SMILES string of the molecule is CCC=CCC=CCC=CCC=CCC=CCCC(C[C@H]1CCN(C(=O)c2cccnc2)C1)C(N)=O. The minimum absolute atomic E-state index is 0.0139. The number of likely N-dealkylation sites (tertiary alicyclic amines) is 1. The first-order chi connectivity index (χ1) is 17.6. The minimum atomic E-state index is -0.237. The number of allylic oxidation sites excluding steroid dienone is 10. The van der Waals surface area contributed by atoms with E-state index in [0.29, 0.717) is 18.0 Å². The molecule has 2 amide bonds. The van der Waals surface area contributed by atoms with E-state index in [2.05, 4.69) is 72.7 Å². The molecule has 2 N–H and O–H groups in total. The van der Waals surface area contributed by atoms with Crippen molar-refractivity contribution in [2.75, 3.05) is 13.1 Å². The van der Waals surface area contributed by atoms with E-state index in [1.807, 2.05) is 4.90 Å². The van der Waals surface area contributed by atoms with Crippen LogP contribution < -0.4 is 5.73 Å². The third-order valence-electron chi connectivity index (χ3n) is 6.34. The van der Waals surface area contributed by atoms with Crippen molar-refractivity contribution < 1.29 is 9.59 Å². The molecular weight excluding hydrogens is 446 g/mol. The Morgan fingerprint density at radius 2 is 1.61 bits per heavy atom. The Bertz CT molecular complexity index is 915. The van der Waals surface area contributed by atoms with Crippen molar-refractivity contribution in [3.63, 3.8) is 0 Å². The van der Waals surface area contributed by atoms with Gasteiger partial charge in [0.05, 0.1) is 5.56 Å². The normalized spacial score (nSPS) is 17.5. The molecule has 5 nitrogen and oxygen atoms in total. The van der Waals surface area contributed by atoms with Gasteiger partial charge in [-0.1, -0.05) is 67.7 Å². The van der Waals surface area contributed by atoms with Gasteiger partial charge in [0, 0.05) is 31.4 Å². The summed E-state index contributed by atoms with van der Waals surface area (Å²) in [5, 5.41) is 0. The van der Waals surface area contributed by atoms with Crippen LogP contribution in [0, 0.1) is 11.8 Å². The molecule has 194 valence electrons. The van der Waals surface area contributed by atoms with Crippen LogP contribution in [0.4, 0.5) is 0 Å². The van der Waals surface area contributed by atoms with Gasteiger partial charge in [0.25, 0.3) is 5.91 Å². The molecule has 0 radical (unpaired) electrons. The molecule has 1 aliphatic heterocycles. The van der Waals surface area contributed by atoms with Gasteiger partial charge in [0.15, 0.2) is 0 Å². The average Bonchev–Trinajstić information content (AvgIpc) is 3.36. The Hall–Kier alpha value is -3.21. The lowest BCUT2D eigenvalue weighted by Gasteiger charge is -2.19. The molecule has 1 aromatic heterocycles. The number of rotatable bonds is 16. The molecule has 0 saturated carbocycles. The summed E-state index contributed by atoms with van der Waals surface area (Å²) in [5.74, 6) is -0.0543. The van der Waals surface area contributed by atoms with Crippen molar-refractivity contribution in [1.29, 1.82) is 0 Å². The summed E-state index contributed by atoms with van der Waals surface area (Å²) in [5.41, 5.74) is 6.30. The Kier molecular flexibility index (Phi) is 14.6. The standard InChI is InChI=1S/C31H43N3O2/c1-2-3-4-5-6-7-8-9-10-11-12-13-14-15-16-17-19-28(30(32)35)24-27-21-23-34(26-27)31(36)29-20-18-22-33-25-29/h3-4,6-7,9-10,12-13,15-16,18,20,22,25,27-28H,2,5,8,11,14,17,19,21,23-24,26H2,1H3,(H2,32,35)/t27-,28?/m1/s1. The molecule has 1 saturated heterocycles. The molecular formula is C31H43N3O2. The van der Waals surface area contributed by atoms with E-state index in [-0.39, 0.29) is 17.7 Å². The van der Waals surface area contributed by atoms with Crippen molar-refractivity contribution in [1.82, 2.24) is 9.88 Å². The summed E-state index contributed by atoms with van der Waals surface area (Å²) in [6.07, 6.45) is 33.3. The fourth-order valence-corrected chi connectivity index (χ4v) is 4.33. The Morgan fingerprint density at radius 3 is 2.17 bits per heavy atom. The number of nitrogens with two attached hydrogens (primary N) is 1. The maximum atomic E-state index is 12.6. The van der Waals surface area contributed by atoms with Gasteiger partial charge in [-0.2, -0.15) is 0 Å². The van der Waals surface area contributed by atoms with Crippen molar-refractivity contribution >= 4 is 11.8 Å². The van der Waals surface area contributed by atoms with E-state index < -0.39 is 0 Å². The van der Waals surface area contributed by atoms with Crippen LogP contribution in [0.25, 0.3) is 0 Å². The molecule has 1 unspecified atom stereocenters. The van der Waals surface area contributed by atoms with E-state index in [1.165, 1.54) is 0 Å². The second kappa shape index (κ2) is 18.1. The van der Waals surface area contributed by atoms with E-state index in [9.17, 15) is 9.59 Å². The predicted octanol–water partition coefficient (Wildman–Crippen LogP) is 6.57. The van der Waals surface area contributed by atoms with E-state index >= 15 is 0 Å². The lowest BCUT2D eigenvalue weighted by Crippen LogP contribution is -2.30. The van der Waals surface area contributed by atoms with Crippen molar-refractivity contribution in [3.8, 4) is 0 Å². The molecule has 5 heteroatoms. The largest absolute Gasteiger partial charge is 0.369 e. The number of hydrogen-bond acceptors (Lipinski definition) is 3. The number of hydrogen-bond donors (Lipinski definition) is 1. The molecule has 0 aliphatic carbocycles. The van der Waals surface area contributed by atoms with Gasteiger partial charge in [-0.25, -0.2) is 0 Å². The molecule has 2 atom stereocenters. The van der Waals surface area contributed by atoms with Gasteiger partial charge in [0.1, 0.15) is 0 Å². The summed E-state index contributed by atoms with van der Waals surface area (Å²) in [7, 11) is 0. The number of amides is 2. The van der Waals surface area contributed by atoms with Gasteiger partial charge < -0.3 is 10.6 Å². The number of nitrogens with zero attached hydrogens (tertiary/aromatic N) is 2. The number of pyridine rings is 1. The van der Waals surface area contributed by atoms with Crippen LogP contribution in [-0.2, 0) is 4.79 Å². The van der Waals surface area contributed by atoms with E-state index in [0.717, 1.165) is 64.3 Å². The third-order valence-corrected chi connectivity index (χ3v) is 6.34. The van der Waals surface area contributed by atoms with Gasteiger partial charge >= 0.3 is 0 Å². The zero-order valence-corrected chi connectivity index (χ0v) is 21.8. The summed E-state index contributed by atoms with van der Waals surface area (Å²) in [4.78, 5) is 30.5. The maximum absolute atomic E-state index is 12.6. The van der Waals surface area contributed by atoms with Crippen molar-refractivity contribution in [2.24, 2.45) is 17.6 Å². The molecule has 0 spiro atoms. The summed E-state index contributed by atoms with van der Waals surface area (Å²) >= 11 is 0. The lowest BCUT2D eigenvalue weighted by molar-refractivity contribution is -0.122. The quantitative estimate of drug-likeness (QED) is 0.267. The van der Waals surface area contributed by atoms with Crippen LogP contribution in [0.15, 0.2) is 85.3 Å². The highest BCUT2D eigenvalue weighted by atomic mass is 16.2. The van der Waals surface area contributed by atoms with Gasteiger partial charge in [-0.3, -0.25) is 14.6 Å². The average molecular weight is 490 g/mol. The number of carbonyl (C=O) groups excluding carboxylic acids is 2. The highest BCUT2D eigenvalue weighted by Crippen LogP contribution is 2.27. The molecule has 36 heavy (non-hydrogen) atoms. The molecule has 1 aromatic rings. The highest BCUT2D eigenvalue weighted by molar-refractivity contribution is 5.94. The summed E-state index contributed by atoms with van der Waals surface area (Å²) in [6.45, 7) is 3.55. The Morgan fingerprint density at radius 1 is 1.00 bits per heavy atom. The van der Waals surface area contributed by atoms with Gasteiger partial charge in [0.2, 0.25) is 5.91 Å². The van der Waals surface area contributed by atoms with Crippen LogP contribution in [0.3, 0.4) is 0 Å². The maximum Gasteiger partial charge on any atom is 0.255 e. The second-order valence-electron chi connectivity index (χ2n) is 9.27. The number of carbonyl (C=O) groups is 2. The molecule has 0 aromatic carbocycles. The van der Waals surface area contributed by atoms with Crippen LogP contribution in [0.5, 0.6) is 0 Å². The van der Waals surface area contributed by atoms with Gasteiger partial charge in [-0.15, -0.1) is 0 Å². The zero-order chi connectivity index (χ0) is 25.8. The second-order valence-corrected chi connectivity index (χ2v) is 9.27. The van der Waals surface area contributed by atoms with Crippen molar-refractivity contribution in [2.45, 2.75) is 64.7 Å². The highest BCUT2D eigenvalue weighted by Gasteiger charge is 2.30. The first kappa shape index (κ1) is 29.0. The lowest BCUT2D eigenvalue weighted by atomic mass is 9.90. The zero-order valence-electron chi connectivity index (χ0n) is 21.8. The van der Waals surface area contributed by atoms with E-state index in [1.54, 1.807) is 24.5 Å². The fourth-order valence-electron chi connectivity index (χ4n) is 4.33. The predicted molar refractivity (Wildman–Crippen MR) is 149 cm³/mol. The Balaban J connectivity index is 1.60. The molecule has 2 rings (SSSR count). The molecule has 0 bridgehead atoms. The van der Waals surface area contributed by atoms with Crippen LogP contribution in [-0.4, -0.2) is 34.8 Å². The minimum Gasteiger partial charge on any atom is -0.369 e. The molecule has 1 fully saturated rings. The monoisotopic (exact) mass is 489 g/mol. The summed E-state index contributed by atoms with van der Waals surface area (Å²) < 4.78 is 0. The van der Waals surface area contributed by atoms with Gasteiger partial charge in [-0.05, 0) is 75.8 Å². The molecule has 2 heterocycles. The molecule has 1 aliphatic rings. The first-order valence-corrected chi connectivity index (χ1v) is 13.3. The van der Waals surface area contributed by atoms with E-state index in [4.69, 9.17) is 5.73 Å². The first-order valence-electron chi connectivity index (χ1n) is 13.3. The third kappa shape index (κ3) is 12.0. The van der Waals surface area contributed by atoms with Crippen molar-refractivity contribution in [3.05, 3.63) is 90.9 Å². The van der Waals surface area contributed by atoms with Crippen LogP contribution in [0.1, 0.15) is 75.1 Å². The fraction of sp³-hybridized carbons (Fsp3) is 0.452. The number of aromatic nitrogens is 1.